The van der Waals surface area contributed by atoms with Crippen LogP contribution in [-0.2, 0) is 0 Å². The van der Waals surface area contributed by atoms with E-state index in [-0.39, 0.29) is 0 Å². The summed E-state index contributed by atoms with van der Waals surface area (Å²) in [4.78, 5) is 4.22. The van der Waals surface area contributed by atoms with Gasteiger partial charge in [-0.25, -0.2) is 4.98 Å². The van der Waals surface area contributed by atoms with Crippen LogP contribution in [0.2, 0.25) is 0 Å². The van der Waals surface area contributed by atoms with Crippen LogP contribution in [0.4, 0.5) is 0 Å². The maximum Gasteiger partial charge on any atom is 0.216 e. The van der Waals surface area contributed by atoms with Crippen LogP contribution in [-0.4, -0.2) is 11.6 Å². The smallest absolute Gasteiger partial charge is 0.216 e. The predicted octanol–water partition coefficient (Wildman–Crippen LogP) is 4.24. The lowest BCUT2D eigenvalue weighted by molar-refractivity contribution is 0.346. The van der Waals surface area contributed by atoms with Crippen LogP contribution < -0.4 is 4.74 Å². The van der Waals surface area contributed by atoms with Crippen molar-refractivity contribution in [3.63, 3.8) is 0 Å². The van der Waals surface area contributed by atoms with Crippen molar-refractivity contribution >= 4 is 22.0 Å². The lowest BCUT2D eigenvalue weighted by atomic mass is 10.2. The van der Waals surface area contributed by atoms with Gasteiger partial charge in [0.1, 0.15) is 6.61 Å². The number of halogens is 1. The molecule has 0 atom stereocenters. The topological polar surface area (TPSA) is 22.1 Å². The zero-order chi connectivity index (χ0) is 12.8. The van der Waals surface area contributed by atoms with E-state index in [1.165, 1.54) is 5.56 Å². The Bertz CT molecular complexity index is 537. The van der Waals surface area contributed by atoms with E-state index in [4.69, 9.17) is 4.74 Å². The van der Waals surface area contributed by atoms with Gasteiger partial charge in [-0.15, -0.1) is 0 Å². The number of ether oxygens (including phenoxy) is 1. The Balaban J connectivity index is 1.91. The minimum atomic E-state index is 0.518. The van der Waals surface area contributed by atoms with Gasteiger partial charge in [0.15, 0.2) is 0 Å². The van der Waals surface area contributed by atoms with Gasteiger partial charge in [0.05, 0.1) is 0 Å². The maximum atomic E-state index is 5.59. The number of pyridine rings is 1. The fraction of sp³-hybridized carbons (Fsp3) is 0.133. The molecule has 18 heavy (non-hydrogen) atoms. The average molecular weight is 304 g/mol. The Kier molecular flexibility index (Phi) is 4.53. The first-order chi connectivity index (χ1) is 8.75. The van der Waals surface area contributed by atoms with Gasteiger partial charge in [-0.3, -0.25) is 0 Å². The second kappa shape index (κ2) is 6.36. The zero-order valence-electron chi connectivity index (χ0n) is 10.1. The van der Waals surface area contributed by atoms with E-state index in [1.54, 1.807) is 6.20 Å². The molecule has 2 nitrogen and oxygen atoms in total. The second-order valence-corrected chi connectivity index (χ2v) is 4.82. The Morgan fingerprint density at radius 1 is 1.28 bits per heavy atom. The Labute approximate surface area is 115 Å². The first kappa shape index (κ1) is 12.8. The van der Waals surface area contributed by atoms with Crippen molar-refractivity contribution in [2.24, 2.45) is 0 Å². The largest absolute Gasteiger partial charge is 0.473 e. The highest BCUT2D eigenvalue weighted by atomic mass is 79.9. The first-order valence-corrected chi connectivity index (χ1v) is 6.51. The monoisotopic (exact) mass is 303 g/mol. The minimum Gasteiger partial charge on any atom is -0.473 e. The van der Waals surface area contributed by atoms with E-state index in [9.17, 15) is 0 Å². The summed E-state index contributed by atoms with van der Waals surface area (Å²) >= 11 is 3.38. The number of benzene rings is 1. The Morgan fingerprint density at radius 3 is 2.78 bits per heavy atom. The molecule has 0 spiro atoms. The third kappa shape index (κ3) is 3.70. The van der Waals surface area contributed by atoms with Crippen molar-refractivity contribution in [3.8, 4) is 5.88 Å². The van der Waals surface area contributed by atoms with Crippen molar-refractivity contribution in [2.45, 2.75) is 6.92 Å². The van der Waals surface area contributed by atoms with E-state index < -0.39 is 0 Å². The van der Waals surface area contributed by atoms with Crippen LogP contribution in [0.15, 0.2) is 53.1 Å². The molecule has 92 valence electrons. The summed E-state index contributed by atoms with van der Waals surface area (Å²) in [7, 11) is 0. The van der Waals surface area contributed by atoms with Crippen molar-refractivity contribution in [1.29, 1.82) is 0 Å². The van der Waals surface area contributed by atoms with Crippen molar-refractivity contribution in [2.75, 3.05) is 6.61 Å². The average Bonchev–Trinajstić information content (AvgIpc) is 2.38. The molecular formula is C15H14BrNO. The Hall–Kier alpha value is -1.61. The molecule has 0 aliphatic heterocycles. The Morgan fingerprint density at radius 2 is 2.06 bits per heavy atom. The molecule has 2 rings (SSSR count). The van der Waals surface area contributed by atoms with Gasteiger partial charge >= 0.3 is 0 Å². The summed E-state index contributed by atoms with van der Waals surface area (Å²) in [6, 6.07) is 12.1. The van der Waals surface area contributed by atoms with E-state index in [2.05, 4.69) is 33.0 Å². The molecule has 0 amide bonds. The number of nitrogens with zero attached hydrogens (tertiary/aromatic N) is 1. The van der Waals surface area contributed by atoms with Gasteiger partial charge < -0.3 is 4.74 Å². The molecule has 1 aromatic heterocycles. The van der Waals surface area contributed by atoms with Crippen LogP contribution >= 0.6 is 15.9 Å². The van der Waals surface area contributed by atoms with Gasteiger partial charge in [0.2, 0.25) is 5.88 Å². The molecular weight excluding hydrogens is 290 g/mol. The number of aromatic nitrogens is 1. The van der Waals surface area contributed by atoms with Gasteiger partial charge in [-0.1, -0.05) is 36.4 Å². The normalized spacial score (nSPS) is 10.8. The summed E-state index contributed by atoms with van der Waals surface area (Å²) in [5.41, 5.74) is 2.19. The standard InChI is InChI=1S/C15H14BrNO/c1-12-10-14(16)11-17-15(12)18-9-5-8-13-6-3-2-4-7-13/h2-8,10-11H,9H2,1H3/b8-5+. The fourth-order valence-corrected chi connectivity index (χ4v) is 2.00. The summed E-state index contributed by atoms with van der Waals surface area (Å²) in [5, 5.41) is 0. The lowest BCUT2D eigenvalue weighted by Crippen LogP contribution is -1.97. The molecule has 0 bridgehead atoms. The van der Waals surface area contributed by atoms with Gasteiger partial charge in [-0.05, 0) is 40.6 Å². The zero-order valence-corrected chi connectivity index (χ0v) is 11.7. The van der Waals surface area contributed by atoms with Gasteiger partial charge in [0, 0.05) is 16.2 Å². The number of aryl methyl sites for hydroxylation is 1. The quantitative estimate of drug-likeness (QED) is 0.842. The van der Waals surface area contributed by atoms with Crippen LogP contribution in [0.1, 0.15) is 11.1 Å². The molecule has 2 aromatic rings. The summed E-state index contributed by atoms with van der Waals surface area (Å²) in [5.74, 6) is 0.677. The van der Waals surface area contributed by atoms with Crippen molar-refractivity contribution in [3.05, 3.63) is 64.3 Å². The molecule has 0 aliphatic carbocycles. The van der Waals surface area contributed by atoms with E-state index >= 15 is 0 Å². The number of hydrogen-bond acceptors (Lipinski definition) is 2. The maximum absolute atomic E-state index is 5.59. The molecule has 0 aliphatic rings. The van der Waals surface area contributed by atoms with Crippen LogP contribution in [0.5, 0.6) is 5.88 Å². The lowest BCUT2D eigenvalue weighted by Gasteiger charge is -2.05. The molecule has 0 radical (unpaired) electrons. The van der Waals surface area contributed by atoms with Crippen molar-refractivity contribution < 1.29 is 4.74 Å². The highest BCUT2D eigenvalue weighted by molar-refractivity contribution is 9.10. The fourth-order valence-electron chi connectivity index (χ4n) is 1.55. The van der Waals surface area contributed by atoms with Gasteiger partial charge in [0.25, 0.3) is 0 Å². The van der Waals surface area contributed by atoms with E-state index in [0.717, 1.165) is 10.0 Å². The van der Waals surface area contributed by atoms with Crippen molar-refractivity contribution in [1.82, 2.24) is 4.98 Å². The van der Waals surface area contributed by atoms with E-state index in [0.29, 0.717) is 12.5 Å². The third-order valence-electron chi connectivity index (χ3n) is 2.42. The summed E-state index contributed by atoms with van der Waals surface area (Å²) in [6.07, 6.45) is 5.76. The summed E-state index contributed by atoms with van der Waals surface area (Å²) in [6.45, 7) is 2.50. The first-order valence-electron chi connectivity index (χ1n) is 5.72. The molecule has 3 heteroatoms. The predicted molar refractivity (Wildman–Crippen MR) is 77.6 cm³/mol. The SMILES string of the molecule is Cc1cc(Br)cnc1OC/C=C/c1ccccc1. The molecule has 0 N–H and O–H groups in total. The number of rotatable bonds is 4. The highest BCUT2D eigenvalue weighted by Gasteiger charge is 2.00. The van der Waals surface area contributed by atoms with E-state index in [1.807, 2.05) is 43.3 Å². The molecule has 0 unspecified atom stereocenters. The molecule has 0 fully saturated rings. The second-order valence-electron chi connectivity index (χ2n) is 3.90. The third-order valence-corrected chi connectivity index (χ3v) is 2.86. The van der Waals surface area contributed by atoms with Gasteiger partial charge in [-0.2, -0.15) is 0 Å². The molecule has 1 heterocycles. The molecule has 0 saturated carbocycles. The molecule has 1 aromatic carbocycles. The van der Waals surface area contributed by atoms with Crippen LogP contribution in [0.3, 0.4) is 0 Å². The van der Waals surface area contributed by atoms with Crippen LogP contribution in [0, 0.1) is 6.92 Å². The highest BCUT2D eigenvalue weighted by Crippen LogP contribution is 2.18. The summed E-state index contributed by atoms with van der Waals surface area (Å²) < 4.78 is 6.56. The number of hydrogen-bond donors (Lipinski definition) is 0. The molecule has 0 saturated heterocycles. The minimum absolute atomic E-state index is 0.518. The van der Waals surface area contributed by atoms with Crippen LogP contribution in [0.25, 0.3) is 6.08 Å².